The van der Waals surface area contributed by atoms with Crippen molar-refractivity contribution in [3.63, 3.8) is 0 Å². The van der Waals surface area contributed by atoms with Gasteiger partial charge in [0.05, 0.1) is 6.54 Å². The van der Waals surface area contributed by atoms with Crippen LogP contribution in [0.15, 0.2) is 0 Å². The molecule has 0 unspecified atom stereocenters. The van der Waals surface area contributed by atoms with E-state index in [0.717, 1.165) is 0 Å². The van der Waals surface area contributed by atoms with E-state index in [9.17, 15) is 9.59 Å². The Balaban J connectivity index is 2.28. The maximum atomic E-state index is 10.6. The molecule has 0 spiro atoms. The molecule has 0 aliphatic carbocycles. The summed E-state index contributed by atoms with van der Waals surface area (Å²) in [7, 11) is -0.880. The molecule has 0 aromatic rings. The molecule has 0 radical (unpaired) electrons. The maximum absolute atomic E-state index is 10.6. The quantitative estimate of drug-likeness (QED) is 0.524. The van der Waals surface area contributed by atoms with Crippen molar-refractivity contribution < 1.29 is 18.9 Å². The lowest BCUT2D eigenvalue weighted by molar-refractivity contribution is -0.137. The molecule has 5 nitrogen and oxygen atoms in total. The van der Waals surface area contributed by atoms with Crippen LogP contribution in [0.1, 0.15) is 13.3 Å². The zero-order valence-corrected chi connectivity index (χ0v) is 6.12. The van der Waals surface area contributed by atoms with Crippen LogP contribution in [-0.2, 0) is 18.9 Å². The minimum atomic E-state index is -0.880. The highest BCUT2D eigenvalue weighted by Gasteiger charge is 2.34. The van der Waals surface area contributed by atoms with Crippen molar-refractivity contribution in [1.29, 1.82) is 0 Å². The molecule has 1 aliphatic heterocycles. The number of nitrogens with one attached hydrogen (secondary N) is 1. The van der Waals surface area contributed by atoms with Gasteiger partial charge >= 0.3 is 13.2 Å². The van der Waals surface area contributed by atoms with Gasteiger partial charge < -0.3 is 9.31 Å². The Morgan fingerprint density at radius 3 is 3.09 bits per heavy atom. The topological polar surface area (TPSA) is 64.6 Å². The van der Waals surface area contributed by atoms with Crippen molar-refractivity contribution >= 4 is 19.2 Å². The van der Waals surface area contributed by atoms with E-state index in [2.05, 4.69) is 14.5 Å². The van der Waals surface area contributed by atoms with Crippen LogP contribution in [0.3, 0.4) is 0 Å². The second-order valence-corrected chi connectivity index (χ2v) is 2.05. The van der Waals surface area contributed by atoms with Crippen LogP contribution in [0.4, 0.5) is 0 Å². The summed E-state index contributed by atoms with van der Waals surface area (Å²) in [5.74, 6) is -0.795. The van der Waals surface area contributed by atoms with Crippen LogP contribution in [-0.4, -0.2) is 25.7 Å². The Morgan fingerprint density at radius 2 is 2.64 bits per heavy atom. The molecular formula is C5H8BNO4. The van der Waals surface area contributed by atoms with Crippen LogP contribution in [0.5, 0.6) is 0 Å². The van der Waals surface area contributed by atoms with Gasteiger partial charge in [-0.1, -0.05) is 6.92 Å². The van der Waals surface area contributed by atoms with Crippen LogP contribution in [0.2, 0.25) is 0 Å². The number of hydrogen-bond acceptors (Lipinski definition) is 5. The molecule has 11 heavy (non-hydrogen) atoms. The van der Waals surface area contributed by atoms with E-state index in [1.807, 2.05) is 0 Å². The number of carbonyl (C=O) groups is 2. The average molecular weight is 157 g/mol. The van der Waals surface area contributed by atoms with Crippen molar-refractivity contribution in [3.8, 4) is 0 Å². The molecule has 0 amide bonds. The van der Waals surface area contributed by atoms with E-state index >= 15 is 0 Å². The van der Waals surface area contributed by atoms with Gasteiger partial charge in [-0.25, -0.2) is 0 Å². The van der Waals surface area contributed by atoms with Crippen molar-refractivity contribution in [2.24, 2.45) is 0 Å². The maximum Gasteiger partial charge on any atom is 0.702 e. The summed E-state index contributed by atoms with van der Waals surface area (Å²) in [4.78, 5) is 21.1. The number of rotatable bonds is 2. The van der Waals surface area contributed by atoms with Crippen molar-refractivity contribution in [1.82, 2.24) is 5.23 Å². The molecule has 1 heterocycles. The summed E-state index contributed by atoms with van der Waals surface area (Å²) in [5, 5.41) is 2.56. The minimum absolute atomic E-state index is 0.0989. The predicted molar refractivity (Wildman–Crippen MR) is 36.2 cm³/mol. The molecule has 1 fully saturated rings. The van der Waals surface area contributed by atoms with Crippen LogP contribution in [0, 0.1) is 0 Å². The smallest absolute Gasteiger partial charge is 0.485 e. The van der Waals surface area contributed by atoms with Crippen LogP contribution >= 0.6 is 0 Å². The molecule has 1 N–H and O–H groups in total. The number of hydrogen-bond donors (Lipinski definition) is 1. The summed E-state index contributed by atoms with van der Waals surface area (Å²) in [5.41, 5.74) is 0. The molecule has 1 saturated heterocycles. The van der Waals surface area contributed by atoms with E-state index in [1.165, 1.54) is 0 Å². The summed E-state index contributed by atoms with van der Waals surface area (Å²) >= 11 is 0. The Labute approximate surface area is 64.2 Å². The van der Waals surface area contributed by atoms with Crippen LogP contribution < -0.4 is 5.23 Å². The predicted octanol–water partition coefficient (Wildman–Crippen LogP) is -0.929. The largest absolute Gasteiger partial charge is 0.702 e. The third-order valence-electron chi connectivity index (χ3n) is 1.18. The Morgan fingerprint density at radius 1 is 1.91 bits per heavy atom. The van der Waals surface area contributed by atoms with Gasteiger partial charge in [-0.3, -0.25) is 14.8 Å². The zero-order chi connectivity index (χ0) is 8.27. The highest BCUT2D eigenvalue weighted by molar-refractivity contribution is 6.48. The molecule has 6 heteroatoms. The van der Waals surface area contributed by atoms with Crippen molar-refractivity contribution in [2.75, 3.05) is 6.54 Å². The van der Waals surface area contributed by atoms with Crippen molar-refractivity contribution in [2.45, 2.75) is 13.3 Å². The lowest BCUT2D eigenvalue weighted by Gasteiger charge is -2.03. The Bertz CT molecular complexity index is 183. The summed E-state index contributed by atoms with van der Waals surface area (Å²) in [6.45, 7) is 1.76. The second kappa shape index (κ2) is 3.38. The fourth-order valence-electron chi connectivity index (χ4n) is 0.638. The first kappa shape index (κ1) is 8.07. The average Bonchev–Trinajstić information content (AvgIpc) is 2.35. The Kier molecular flexibility index (Phi) is 2.48. The van der Waals surface area contributed by atoms with Gasteiger partial charge in [-0.2, -0.15) is 0 Å². The third-order valence-corrected chi connectivity index (χ3v) is 1.18. The first-order valence-corrected chi connectivity index (χ1v) is 3.34. The highest BCUT2D eigenvalue weighted by Crippen LogP contribution is 1.96. The lowest BCUT2D eigenvalue weighted by Crippen LogP contribution is -2.34. The van der Waals surface area contributed by atoms with Gasteiger partial charge in [-0.15, -0.1) is 0 Å². The van der Waals surface area contributed by atoms with Gasteiger partial charge in [-0.05, 0) is 0 Å². The summed E-state index contributed by atoms with van der Waals surface area (Å²) in [6.07, 6.45) is 0.274. The van der Waals surface area contributed by atoms with Gasteiger partial charge in [0, 0.05) is 6.42 Å². The van der Waals surface area contributed by atoms with Gasteiger partial charge in [0.1, 0.15) is 0 Å². The molecule has 0 aromatic heterocycles. The first-order chi connectivity index (χ1) is 5.22. The molecule has 0 saturated carbocycles. The molecule has 1 rings (SSSR count). The lowest BCUT2D eigenvalue weighted by atomic mass is 10.1. The molecule has 0 atom stereocenters. The van der Waals surface area contributed by atoms with Gasteiger partial charge in [0.2, 0.25) is 0 Å². The zero-order valence-electron chi connectivity index (χ0n) is 6.12. The summed E-state index contributed by atoms with van der Waals surface area (Å²) in [6, 6.07) is 0. The molecule has 60 valence electrons. The first-order valence-electron chi connectivity index (χ1n) is 3.34. The SMILES string of the molecule is CCC(=O)OB1NCC(=O)O1. The van der Waals surface area contributed by atoms with Crippen molar-refractivity contribution in [3.05, 3.63) is 0 Å². The molecular weight excluding hydrogens is 149 g/mol. The summed E-state index contributed by atoms with van der Waals surface area (Å²) < 4.78 is 9.18. The van der Waals surface area contributed by atoms with E-state index < -0.39 is 19.2 Å². The second-order valence-electron chi connectivity index (χ2n) is 2.05. The van der Waals surface area contributed by atoms with Gasteiger partial charge in [0.25, 0.3) is 5.97 Å². The standard InChI is InChI=1S/C5H8BNO4/c1-2-4(8)10-6-7-3-5(9)11-6/h7H,2-3H2,1H3. The third kappa shape index (κ3) is 2.23. The Hall–Kier alpha value is -1.04. The minimum Gasteiger partial charge on any atom is -0.485 e. The molecule has 0 aromatic carbocycles. The normalized spacial score (nSPS) is 16.5. The highest BCUT2D eigenvalue weighted by atomic mass is 16.7. The van der Waals surface area contributed by atoms with E-state index in [1.54, 1.807) is 6.92 Å². The fraction of sp³-hybridized carbons (Fsp3) is 0.600. The fourth-order valence-corrected chi connectivity index (χ4v) is 0.638. The molecule has 0 bridgehead atoms. The van der Waals surface area contributed by atoms with E-state index in [4.69, 9.17) is 0 Å². The molecule has 1 aliphatic rings. The van der Waals surface area contributed by atoms with Gasteiger partial charge in [0.15, 0.2) is 0 Å². The monoisotopic (exact) mass is 157 g/mol. The number of carbonyl (C=O) groups excluding carboxylic acids is 2. The van der Waals surface area contributed by atoms with E-state index in [-0.39, 0.29) is 13.0 Å². The van der Waals surface area contributed by atoms with E-state index in [0.29, 0.717) is 0 Å². The van der Waals surface area contributed by atoms with Crippen LogP contribution in [0.25, 0.3) is 0 Å².